The Morgan fingerprint density at radius 3 is 2.14 bits per heavy atom. The lowest BCUT2D eigenvalue weighted by atomic mass is 10.2. The first-order chi connectivity index (χ1) is 16.6. The van der Waals surface area contributed by atoms with E-state index in [-0.39, 0.29) is 10.9 Å². The van der Waals surface area contributed by atoms with Gasteiger partial charge < -0.3 is 15.2 Å². The summed E-state index contributed by atoms with van der Waals surface area (Å²) < 4.78 is 29.9. The SMILES string of the molecule is Cc1ccnc(Nc2cc(Nc3ccc(NS(=O)(=O)c4cn(C)c(C(C)C)n4)cc3)nc(C)n2)c1. The van der Waals surface area contributed by atoms with Gasteiger partial charge in [0.1, 0.15) is 29.1 Å². The van der Waals surface area contributed by atoms with Crippen molar-refractivity contribution in [2.75, 3.05) is 15.4 Å². The third-order valence-corrected chi connectivity index (χ3v) is 6.35. The average Bonchev–Trinajstić information content (AvgIpc) is 3.18. The summed E-state index contributed by atoms with van der Waals surface area (Å²) in [6.07, 6.45) is 3.25. The van der Waals surface area contributed by atoms with Crippen molar-refractivity contribution in [2.45, 2.75) is 38.6 Å². The normalized spacial score (nSPS) is 11.5. The molecule has 10 nitrogen and oxygen atoms in total. The van der Waals surface area contributed by atoms with E-state index in [0.717, 1.165) is 11.3 Å². The van der Waals surface area contributed by atoms with E-state index in [1.807, 2.05) is 32.9 Å². The maximum atomic E-state index is 12.8. The Balaban J connectivity index is 1.47. The van der Waals surface area contributed by atoms with Crippen LogP contribution in [0.25, 0.3) is 0 Å². The Kier molecular flexibility index (Phi) is 6.70. The van der Waals surface area contributed by atoms with Crippen LogP contribution in [0.1, 0.15) is 37.0 Å². The molecule has 0 aliphatic heterocycles. The van der Waals surface area contributed by atoms with Crippen LogP contribution in [0.15, 0.2) is 59.9 Å². The molecule has 0 spiro atoms. The van der Waals surface area contributed by atoms with Crippen molar-refractivity contribution in [3.8, 4) is 0 Å². The molecule has 0 fully saturated rings. The fourth-order valence-electron chi connectivity index (χ4n) is 3.53. The van der Waals surface area contributed by atoms with Gasteiger partial charge in [-0.2, -0.15) is 8.42 Å². The highest BCUT2D eigenvalue weighted by molar-refractivity contribution is 7.92. The zero-order valence-electron chi connectivity index (χ0n) is 20.2. The van der Waals surface area contributed by atoms with Gasteiger partial charge in [0.15, 0.2) is 5.03 Å². The van der Waals surface area contributed by atoms with Crippen molar-refractivity contribution in [3.05, 3.63) is 72.1 Å². The van der Waals surface area contributed by atoms with Crippen molar-refractivity contribution < 1.29 is 8.42 Å². The summed E-state index contributed by atoms with van der Waals surface area (Å²) in [4.78, 5) is 17.4. The highest BCUT2D eigenvalue weighted by Gasteiger charge is 2.20. The van der Waals surface area contributed by atoms with E-state index in [9.17, 15) is 8.42 Å². The number of aromatic nitrogens is 5. The number of hydrogen-bond acceptors (Lipinski definition) is 8. The molecule has 182 valence electrons. The Bertz CT molecular complexity index is 1450. The second-order valence-corrected chi connectivity index (χ2v) is 10.2. The number of nitrogens with one attached hydrogen (secondary N) is 3. The van der Waals surface area contributed by atoms with Crippen molar-refractivity contribution >= 4 is 38.9 Å². The second kappa shape index (κ2) is 9.71. The molecule has 11 heteroatoms. The number of rotatable bonds is 8. The number of sulfonamides is 1. The summed E-state index contributed by atoms with van der Waals surface area (Å²) in [5.74, 6) is 3.31. The summed E-state index contributed by atoms with van der Waals surface area (Å²) in [6.45, 7) is 7.74. The van der Waals surface area contributed by atoms with Gasteiger partial charge in [0.05, 0.1) is 0 Å². The first-order valence-corrected chi connectivity index (χ1v) is 12.6. The molecule has 3 heterocycles. The molecule has 0 unspecified atom stereocenters. The van der Waals surface area contributed by atoms with Crippen LogP contribution in [0.2, 0.25) is 0 Å². The number of imidazole rings is 1. The Labute approximate surface area is 205 Å². The summed E-state index contributed by atoms with van der Waals surface area (Å²) in [5.41, 5.74) is 2.26. The Morgan fingerprint density at radius 1 is 0.857 bits per heavy atom. The highest BCUT2D eigenvalue weighted by Crippen LogP contribution is 2.23. The molecule has 3 aromatic heterocycles. The summed E-state index contributed by atoms with van der Waals surface area (Å²) >= 11 is 0. The minimum Gasteiger partial charge on any atom is -0.340 e. The Morgan fingerprint density at radius 2 is 1.51 bits per heavy atom. The predicted octanol–water partition coefficient (Wildman–Crippen LogP) is 4.63. The molecule has 0 saturated heterocycles. The van der Waals surface area contributed by atoms with Gasteiger partial charge in [0.2, 0.25) is 0 Å². The van der Waals surface area contributed by atoms with Crippen LogP contribution in [-0.4, -0.2) is 32.9 Å². The number of anilines is 5. The van der Waals surface area contributed by atoms with E-state index in [4.69, 9.17) is 0 Å². The standard InChI is InChI=1S/C24H28N8O2S/c1-15(2)24-30-23(14-32(24)5)35(33,34)31-19-8-6-18(7-9-19)28-21-13-22(27-17(4)26-21)29-20-12-16(3)10-11-25-20/h6-15,31H,1-5H3,(H2,25,26,27,28,29). The maximum Gasteiger partial charge on any atom is 0.280 e. The molecule has 0 amide bonds. The van der Waals surface area contributed by atoms with E-state index in [2.05, 4.69) is 35.3 Å². The number of nitrogens with zero attached hydrogens (tertiary/aromatic N) is 5. The van der Waals surface area contributed by atoms with Gasteiger partial charge in [0.25, 0.3) is 10.0 Å². The van der Waals surface area contributed by atoms with Gasteiger partial charge in [-0.15, -0.1) is 0 Å². The van der Waals surface area contributed by atoms with Crippen LogP contribution in [0, 0.1) is 13.8 Å². The lowest BCUT2D eigenvalue weighted by molar-refractivity contribution is 0.597. The van der Waals surface area contributed by atoms with Gasteiger partial charge in [-0.3, -0.25) is 4.72 Å². The third-order valence-electron chi connectivity index (χ3n) is 5.10. The lowest BCUT2D eigenvalue weighted by Crippen LogP contribution is -2.13. The fourth-order valence-corrected chi connectivity index (χ4v) is 4.59. The van der Waals surface area contributed by atoms with Crippen LogP contribution in [0.5, 0.6) is 0 Å². The van der Waals surface area contributed by atoms with E-state index in [0.29, 0.717) is 34.8 Å². The summed E-state index contributed by atoms with van der Waals surface area (Å²) in [5, 5.41) is 6.40. The second-order valence-electron chi connectivity index (χ2n) is 8.54. The lowest BCUT2D eigenvalue weighted by Gasteiger charge is -2.11. The maximum absolute atomic E-state index is 12.8. The first-order valence-electron chi connectivity index (χ1n) is 11.1. The van der Waals surface area contributed by atoms with Gasteiger partial charge in [-0.1, -0.05) is 13.8 Å². The zero-order chi connectivity index (χ0) is 25.2. The largest absolute Gasteiger partial charge is 0.340 e. The molecular weight excluding hydrogens is 464 g/mol. The summed E-state index contributed by atoms with van der Waals surface area (Å²) in [6, 6.07) is 12.5. The van der Waals surface area contributed by atoms with E-state index >= 15 is 0 Å². The van der Waals surface area contributed by atoms with Crippen LogP contribution >= 0.6 is 0 Å². The highest BCUT2D eigenvalue weighted by atomic mass is 32.2. The molecule has 1 aromatic carbocycles. The quantitative estimate of drug-likeness (QED) is 0.325. The molecular formula is C24H28N8O2S. The third kappa shape index (κ3) is 5.93. The molecule has 4 aromatic rings. The Hall–Kier alpha value is -3.99. The molecule has 0 aliphatic carbocycles. The molecule has 3 N–H and O–H groups in total. The van der Waals surface area contributed by atoms with Gasteiger partial charge >= 0.3 is 0 Å². The molecule has 4 rings (SSSR count). The van der Waals surface area contributed by atoms with Crippen LogP contribution in [0.3, 0.4) is 0 Å². The van der Waals surface area contributed by atoms with Crippen molar-refractivity contribution in [1.29, 1.82) is 0 Å². The average molecular weight is 493 g/mol. The molecule has 0 saturated carbocycles. The minimum absolute atomic E-state index is 0.00880. The molecule has 0 atom stereocenters. The number of aryl methyl sites for hydroxylation is 3. The van der Waals surface area contributed by atoms with Crippen molar-refractivity contribution in [2.24, 2.45) is 7.05 Å². The molecule has 0 bridgehead atoms. The monoisotopic (exact) mass is 492 g/mol. The minimum atomic E-state index is -3.80. The van der Waals surface area contributed by atoms with Gasteiger partial charge in [-0.05, 0) is 55.8 Å². The van der Waals surface area contributed by atoms with E-state index < -0.39 is 10.0 Å². The topological polar surface area (TPSA) is 127 Å². The van der Waals surface area contributed by atoms with E-state index in [1.54, 1.807) is 55.1 Å². The number of hydrogen-bond donors (Lipinski definition) is 3. The number of pyridine rings is 1. The van der Waals surface area contributed by atoms with Gasteiger partial charge in [-0.25, -0.2) is 19.9 Å². The van der Waals surface area contributed by atoms with Crippen molar-refractivity contribution in [3.63, 3.8) is 0 Å². The van der Waals surface area contributed by atoms with Crippen LogP contribution in [-0.2, 0) is 17.1 Å². The summed E-state index contributed by atoms with van der Waals surface area (Å²) in [7, 11) is -2.01. The molecule has 35 heavy (non-hydrogen) atoms. The van der Waals surface area contributed by atoms with Crippen LogP contribution < -0.4 is 15.4 Å². The molecule has 0 radical (unpaired) electrons. The van der Waals surface area contributed by atoms with E-state index in [1.165, 1.54) is 6.20 Å². The fraction of sp³-hybridized carbons (Fsp3) is 0.250. The first kappa shape index (κ1) is 24.1. The predicted molar refractivity (Wildman–Crippen MR) is 137 cm³/mol. The van der Waals surface area contributed by atoms with Crippen molar-refractivity contribution in [1.82, 2.24) is 24.5 Å². The van der Waals surface area contributed by atoms with Crippen LogP contribution in [0.4, 0.5) is 28.8 Å². The molecule has 0 aliphatic rings. The zero-order valence-corrected chi connectivity index (χ0v) is 21.1. The number of benzene rings is 1. The smallest absolute Gasteiger partial charge is 0.280 e. The van der Waals surface area contributed by atoms with Gasteiger partial charge in [0, 0.05) is 42.8 Å².